The number of aliphatic carboxylic acids is 1. The van der Waals surface area contributed by atoms with Crippen molar-refractivity contribution in [2.75, 3.05) is 0 Å². The summed E-state index contributed by atoms with van der Waals surface area (Å²) in [4.78, 5) is 23.3. The quantitative estimate of drug-likeness (QED) is 0.841. The van der Waals surface area contributed by atoms with Gasteiger partial charge in [0.2, 0.25) is 5.91 Å². The van der Waals surface area contributed by atoms with E-state index in [1.165, 1.54) is 6.26 Å². The zero-order valence-corrected chi connectivity index (χ0v) is 10.8. The van der Waals surface area contributed by atoms with Crippen LogP contribution in [0.3, 0.4) is 0 Å². The van der Waals surface area contributed by atoms with Crippen LogP contribution in [0, 0.1) is 17.8 Å². The Labute approximate surface area is 111 Å². The molecule has 6 heteroatoms. The molecule has 0 aliphatic heterocycles. The zero-order chi connectivity index (χ0) is 13.8. The van der Waals surface area contributed by atoms with E-state index in [9.17, 15) is 14.7 Å². The molecule has 0 aromatic carbocycles. The Kier molecular flexibility index (Phi) is 4.19. The third-order valence-corrected chi connectivity index (χ3v) is 3.83. The average Bonchev–Trinajstić information content (AvgIpc) is 3.04. The first-order chi connectivity index (χ1) is 9.11. The number of carboxylic acids is 1. The van der Waals surface area contributed by atoms with E-state index in [0.29, 0.717) is 24.5 Å². The fourth-order valence-corrected chi connectivity index (χ4v) is 2.68. The third-order valence-electron chi connectivity index (χ3n) is 3.83. The van der Waals surface area contributed by atoms with Crippen LogP contribution in [0.4, 0.5) is 0 Å². The molecule has 19 heavy (non-hydrogen) atoms. The largest absolute Gasteiger partial charge is 0.481 e. The van der Waals surface area contributed by atoms with Crippen LogP contribution in [-0.2, 0) is 16.1 Å². The highest BCUT2D eigenvalue weighted by molar-refractivity contribution is 5.85. The van der Waals surface area contributed by atoms with E-state index in [0.717, 1.165) is 6.42 Å². The number of carbonyl (C=O) groups is 2. The minimum atomic E-state index is -0.877. The number of nitrogens with zero attached hydrogens (tertiary/aromatic N) is 1. The second-order valence-corrected chi connectivity index (χ2v) is 5.01. The average molecular weight is 266 g/mol. The molecule has 1 saturated carbocycles. The number of carboxylic acid groups (broad SMARTS) is 1. The normalized spacial score (nSPS) is 26.3. The van der Waals surface area contributed by atoms with Crippen LogP contribution in [0.1, 0.15) is 31.9 Å². The van der Waals surface area contributed by atoms with E-state index >= 15 is 0 Å². The summed E-state index contributed by atoms with van der Waals surface area (Å²) < 4.78 is 4.67. The van der Waals surface area contributed by atoms with Gasteiger partial charge in [-0.25, -0.2) is 0 Å². The highest BCUT2D eigenvalue weighted by atomic mass is 16.5. The molecule has 1 aromatic rings. The SMILES string of the molecule is CCC1C[C@H](C(=O)NCc2ccon2)[C@H](C(=O)O)C1. The van der Waals surface area contributed by atoms with Gasteiger partial charge in [-0.1, -0.05) is 18.5 Å². The molecule has 1 aliphatic carbocycles. The molecule has 0 radical (unpaired) electrons. The summed E-state index contributed by atoms with van der Waals surface area (Å²) in [7, 11) is 0. The predicted octanol–water partition coefficient (Wildman–Crippen LogP) is 1.43. The molecule has 1 fully saturated rings. The summed E-state index contributed by atoms with van der Waals surface area (Å²) >= 11 is 0. The fraction of sp³-hybridized carbons (Fsp3) is 0.615. The van der Waals surface area contributed by atoms with Gasteiger partial charge in [0.1, 0.15) is 12.0 Å². The van der Waals surface area contributed by atoms with Gasteiger partial charge in [0.25, 0.3) is 0 Å². The fourth-order valence-electron chi connectivity index (χ4n) is 2.68. The van der Waals surface area contributed by atoms with Crippen LogP contribution in [0.2, 0.25) is 0 Å². The highest BCUT2D eigenvalue weighted by Crippen LogP contribution is 2.38. The molecule has 1 aliphatic rings. The second-order valence-electron chi connectivity index (χ2n) is 5.01. The summed E-state index contributed by atoms with van der Waals surface area (Å²) in [6.45, 7) is 2.30. The Morgan fingerprint density at radius 1 is 1.47 bits per heavy atom. The Balaban J connectivity index is 1.94. The first-order valence-electron chi connectivity index (χ1n) is 6.51. The van der Waals surface area contributed by atoms with Crippen molar-refractivity contribution in [3.05, 3.63) is 18.0 Å². The number of carbonyl (C=O) groups excluding carboxylic acids is 1. The molecule has 0 bridgehead atoms. The van der Waals surface area contributed by atoms with E-state index in [1.54, 1.807) is 6.07 Å². The number of rotatable bonds is 5. The van der Waals surface area contributed by atoms with E-state index < -0.39 is 17.8 Å². The number of hydrogen-bond donors (Lipinski definition) is 2. The van der Waals surface area contributed by atoms with Crippen molar-refractivity contribution >= 4 is 11.9 Å². The lowest BCUT2D eigenvalue weighted by Crippen LogP contribution is -2.35. The molecule has 2 N–H and O–H groups in total. The predicted molar refractivity (Wildman–Crippen MR) is 66.0 cm³/mol. The molecule has 0 spiro atoms. The molecule has 3 atom stereocenters. The van der Waals surface area contributed by atoms with Crippen LogP contribution in [0.15, 0.2) is 16.9 Å². The van der Waals surface area contributed by atoms with Crippen LogP contribution in [0.5, 0.6) is 0 Å². The molecular formula is C13H18N2O4. The smallest absolute Gasteiger partial charge is 0.307 e. The van der Waals surface area contributed by atoms with Crippen LogP contribution >= 0.6 is 0 Å². The van der Waals surface area contributed by atoms with Gasteiger partial charge < -0.3 is 14.9 Å². The first kappa shape index (κ1) is 13.6. The Morgan fingerprint density at radius 3 is 2.79 bits per heavy atom. The number of amides is 1. The topological polar surface area (TPSA) is 92.4 Å². The van der Waals surface area contributed by atoms with Crippen molar-refractivity contribution in [3.8, 4) is 0 Å². The van der Waals surface area contributed by atoms with Crippen LogP contribution in [0.25, 0.3) is 0 Å². The van der Waals surface area contributed by atoms with E-state index in [2.05, 4.69) is 15.0 Å². The van der Waals surface area contributed by atoms with Gasteiger partial charge in [-0.05, 0) is 18.8 Å². The van der Waals surface area contributed by atoms with E-state index in [1.807, 2.05) is 6.92 Å². The molecule has 1 unspecified atom stereocenters. The van der Waals surface area contributed by atoms with Crippen molar-refractivity contribution in [1.82, 2.24) is 10.5 Å². The van der Waals surface area contributed by atoms with Gasteiger partial charge in [0, 0.05) is 6.07 Å². The van der Waals surface area contributed by atoms with Gasteiger partial charge in [0.05, 0.1) is 18.4 Å². The summed E-state index contributed by atoms with van der Waals surface area (Å²) in [6, 6.07) is 1.67. The van der Waals surface area contributed by atoms with Gasteiger partial charge >= 0.3 is 5.97 Å². The van der Waals surface area contributed by atoms with Crippen molar-refractivity contribution in [3.63, 3.8) is 0 Å². The first-order valence-corrected chi connectivity index (χ1v) is 6.51. The van der Waals surface area contributed by atoms with Crippen molar-refractivity contribution in [1.29, 1.82) is 0 Å². The van der Waals surface area contributed by atoms with Crippen molar-refractivity contribution in [2.45, 2.75) is 32.7 Å². The monoisotopic (exact) mass is 266 g/mol. The minimum absolute atomic E-state index is 0.202. The molecule has 2 rings (SSSR count). The Hall–Kier alpha value is -1.85. The molecule has 0 saturated heterocycles. The maximum absolute atomic E-state index is 12.1. The van der Waals surface area contributed by atoms with Gasteiger partial charge in [-0.15, -0.1) is 0 Å². The molecular weight excluding hydrogens is 248 g/mol. The lowest BCUT2D eigenvalue weighted by atomic mass is 9.95. The van der Waals surface area contributed by atoms with Gasteiger partial charge in [-0.2, -0.15) is 0 Å². The van der Waals surface area contributed by atoms with Crippen LogP contribution < -0.4 is 5.32 Å². The summed E-state index contributed by atoms with van der Waals surface area (Å²) in [5.74, 6) is -1.76. The van der Waals surface area contributed by atoms with Gasteiger partial charge in [-0.3, -0.25) is 9.59 Å². The number of aromatic nitrogens is 1. The second kappa shape index (κ2) is 5.86. The van der Waals surface area contributed by atoms with Gasteiger partial charge in [0.15, 0.2) is 0 Å². The zero-order valence-electron chi connectivity index (χ0n) is 10.8. The van der Waals surface area contributed by atoms with Crippen molar-refractivity contribution in [2.24, 2.45) is 17.8 Å². The lowest BCUT2D eigenvalue weighted by Gasteiger charge is -2.14. The maximum Gasteiger partial charge on any atom is 0.307 e. The molecule has 1 heterocycles. The molecule has 6 nitrogen and oxygen atoms in total. The lowest BCUT2D eigenvalue weighted by molar-refractivity contribution is -0.146. The Morgan fingerprint density at radius 2 is 2.21 bits per heavy atom. The van der Waals surface area contributed by atoms with Crippen molar-refractivity contribution < 1.29 is 19.2 Å². The molecule has 104 valence electrons. The summed E-state index contributed by atoms with van der Waals surface area (Å²) in [6.07, 6.45) is 3.59. The highest BCUT2D eigenvalue weighted by Gasteiger charge is 2.41. The summed E-state index contributed by atoms with van der Waals surface area (Å²) in [5.41, 5.74) is 0.630. The Bertz CT molecular complexity index is 444. The standard InChI is InChI=1S/C13H18N2O4/c1-2-8-5-10(11(6-8)13(17)18)12(16)14-7-9-3-4-19-15-9/h3-4,8,10-11H,2,5-7H2,1H3,(H,14,16)(H,17,18)/t8?,10-,11+/m0/s1. The number of nitrogens with one attached hydrogen (secondary N) is 1. The summed E-state index contributed by atoms with van der Waals surface area (Å²) in [5, 5.41) is 15.6. The molecule has 1 amide bonds. The van der Waals surface area contributed by atoms with Crippen LogP contribution in [-0.4, -0.2) is 22.1 Å². The molecule has 1 aromatic heterocycles. The minimum Gasteiger partial charge on any atom is -0.481 e. The number of hydrogen-bond acceptors (Lipinski definition) is 4. The van der Waals surface area contributed by atoms with E-state index in [-0.39, 0.29) is 12.5 Å². The van der Waals surface area contributed by atoms with E-state index in [4.69, 9.17) is 0 Å². The maximum atomic E-state index is 12.1. The third kappa shape index (κ3) is 3.13.